The van der Waals surface area contributed by atoms with Gasteiger partial charge in [-0.3, -0.25) is 0 Å². The Kier molecular flexibility index (Phi) is 2.46. The fraction of sp³-hybridized carbons (Fsp3) is 0.538. The lowest BCUT2D eigenvalue weighted by atomic mass is 10.0. The summed E-state index contributed by atoms with van der Waals surface area (Å²) in [5.41, 5.74) is 7.54. The third-order valence-electron chi connectivity index (χ3n) is 3.76. The summed E-state index contributed by atoms with van der Waals surface area (Å²) in [7, 11) is 1.61. The van der Waals surface area contributed by atoms with Gasteiger partial charge < -0.3 is 10.5 Å². The summed E-state index contributed by atoms with van der Waals surface area (Å²) in [5.74, 6) is 0.744. The summed E-state index contributed by atoms with van der Waals surface area (Å²) in [6.07, 6.45) is 0. The molecule has 16 heavy (non-hydrogen) atoms. The van der Waals surface area contributed by atoms with Crippen molar-refractivity contribution in [2.75, 3.05) is 7.11 Å². The van der Waals surface area contributed by atoms with Crippen LogP contribution in [0.1, 0.15) is 30.9 Å². The zero-order valence-electron chi connectivity index (χ0n) is 10.2. The van der Waals surface area contributed by atoms with Crippen molar-refractivity contribution < 1.29 is 9.13 Å². The van der Waals surface area contributed by atoms with Gasteiger partial charge >= 0.3 is 0 Å². The van der Waals surface area contributed by atoms with Crippen molar-refractivity contribution in [3.63, 3.8) is 0 Å². The fourth-order valence-electron chi connectivity index (χ4n) is 2.36. The number of aryl methyl sites for hydroxylation is 1. The fourth-order valence-corrected chi connectivity index (χ4v) is 2.36. The molecule has 2 atom stereocenters. The first-order chi connectivity index (χ1) is 7.39. The molecule has 2 rings (SSSR count). The average molecular weight is 223 g/mol. The highest BCUT2D eigenvalue weighted by Gasteiger charge is 2.57. The average Bonchev–Trinajstić information content (AvgIpc) is 2.70. The van der Waals surface area contributed by atoms with Gasteiger partial charge in [-0.2, -0.15) is 0 Å². The van der Waals surface area contributed by atoms with Gasteiger partial charge in [0.05, 0.1) is 7.11 Å². The molecule has 0 unspecified atom stereocenters. The van der Waals surface area contributed by atoms with Gasteiger partial charge in [-0.1, -0.05) is 13.8 Å². The monoisotopic (exact) mass is 223 g/mol. The molecule has 1 aromatic rings. The van der Waals surface area contributed by atoms with Crippen molar-refractivity contribution in [3.8, 4) is 5.75 Å². The molecule has 0 spiro atoms. The normalized spacial score (nSPS) is 26.6. The molecule has 2 nitrogen and oxygen atoms in total. The van der Waals surface area contributed by atoms with Gasteiger partial charge in [0.1, 0.15) is 11.6 Å². The van der Waals surface area contributed by atoms with E-state index in [1.807, 2.05) is 0 Å². The zero-order chi connectivity index (χ0) is 12.1. The number of hydrogen-bond donors (Lipinski definition) is 1. The first-order valence-electron chi connectivity index (χ1n) is 5.49. The lowest BCUT2D eigenvalue weighted by molar-refractivity contribution is 0.405. The molecule has 0 bridgehead atoms. The van der Waals surface area contributed by atoms with Gasteiger partial charge in [-0.15, -0.1) is 0 Å². The second-order valence-corrected chi connectivity index (χ2v) is 5.17. The number of methoxy groups -OCH3 is 1. The van der Waals surface area contributed by atoms with Crippen molar-refractivity contribution in [2.45, 2.75) is 32.7 Å². The Morgan fingerprint density at radius 1 is 1.38 bits per heavy atom. The first-order valence-corrected chi connectivity index (χ1v) is 5.49. The topological polar surface area (TPSA) is 35.2 Å². The van der Waals surface area contributed by atoms with Crippen LogP contribution in [0.2, 0.25) is 0 Å². The highest BCUT2D eigenvalue weighted by atomic mass is 19.1. The first kappa shape index (κ1) is 11.4. The maximum Gasteiger partial charge on any atom is 0.126 e. The largest absolute Gasteiger partial charge is 0.496 e. The van der Waals surface area contributed by atoms with Crippen LogP contribution in [0.5, 0.6) is 5.75 Å². The molecule has 1 fully saturated rings. The lowest BCUT2D eigenvalue weighted by Gasteiger charge is -2.11. The second kappa shape index (κ2) is 3.45. The van der Waals surface area contributed by atoms with Crippen LogP contribution < -0.4 is 10.5 Å². The smallest absolute Gasteiger partial charge is 0.126 e. The van der Waals surface area contributed by atoms with E-state index in [1.165, 1.54) is 0 Å². The molecule has 1 aliphatic rings. The van der Waals surface area contributed by atoms with E-state index in [2.05, 4.69) is 13.8 Å². The molecule has 1 aromatic carbocycles. The van der Waals surface area contributed by atoms with Crippen LogP contribution in [0.15, 0.2) is 12.1 Å². The SMILES string of the molecule is COc1cc(C)c(F)cc1[C@H]1[C@H](N)C1(C)C. The molecule has 0 aliphatic heterocycles. The van der Waals surface area contributed by atoms with E-state index in [-0.39, 0.29) is 23.2 Å². The molecular formula is C13H18FNO. The number of hydrogen-bond acceptors (Lipinski definition) is 2. The number of benzene rings is 1. The van der Waals surface area contributed by atoms with Crippen molar-refractivity contribution >= 4 is 0 Å². The maximum absolute atomic E-state index is 13.6. The second-order valence-electron chi connectivity index (χ2n) is 5.17. The minimum absolute atomic E-state index is 0.0367. The predicted molar refractivity (Wildman–Crippen MR) is 62.2 cm³/mol. The molecule has 1 aliphatic carbocycles. The van der Waals surface area contributed by atoms with E-state index in [4.69, 9.17) is 10.5 Å². The minimum atomic E-state index is -0.189. The van der Waals surface area contributed by atoms with E-state index in [9.17, 15) is 4.39 Å². The van der Waals surface area contributed by atoms with Crippen LogP contribution >= 0.6 is 0 Å². The van der Waals surface area contributed by atoms with E-state index in [1.54, 1.807) is 26.2 Å². The lowest BCUT2D eigenvalue weighted by Crippen LogP contribution is -2.06. The van der Waals surface area contributed by atoms with Crippen LogP contribution in [-0.2, 0) is 0 Å². The molecule has 2 N–H and O–H groups in total. The summed E-state index contributed by atoms with van der Waals surface area (Å²) >= 11 is 0. The number of nitrogens with two attached hydrogens (primary N) is 1. The summed E-state index contributed by atoms with van der Waals surface area (Å²) < 4.78 is 18.9. The Morgan fingerprint density at radius 3 is 2.38 bits per heavy atom. The van der Waals surface area contributed by atoms with Crippen molar-refractivity contribution in [1.29, 1.82) is 0 Å². The third-order valence-corrected chi connectivity index (χ3v) is 3.76. The molecule has 0 amide bonds. The van der Waals surface area contributed by atoms with Crippen LogP contribution in [0, 0.1) is 18.2 Å². The molecular weight excluding hydrogens is 205 g/mol. The highest BCUT2D eigenvalue weighted by molar-refractivity contribution is 5.46. The van der Waals surface area contributed by atoms with Gasteiger partial charge in [0.2, 0.25) is 0 Å². The number of halogens is 1. The van der Waals surface area contributed by atoms with Gasteiger partial charge in [-0.25, -0.2) is 4.39 Å². The van der Waals surface area contributed by atoms with E-state index < -0.39 is 0 Å². The Balaban J connectivity index is 2.46. The van der Waals surface area contributed by atoms with Gasteiger partial charge in [-0.05, 0) is 30.0 Å². The standard InChI is InChI=1S/C13H18FNO/c1-7-5-10(16-4)8(6-9(7)14)11-12(15)13(11,2)3/h5-6,11-12H,15H2,1-4H3/t11-,12-/m0/s1. The predicted octanol–water partition coefficient (Wildman–Crippen LogP) is 2.59. The molecule has 1 saturated carbocycles. The van der Waals surface area contributed by atoms with Gasteiger partial charge in [0.25, 0.3) is 0 Å². The van der Waals surface area contributed by atoms with E-state index in [0.29, 0.717) is 5.56 Å². The highest BCUT2D eigenvalue weighted by Crippen LogP contribution is 2.59. The van der Waals surface area contributed by atoms with Crippen molar-refractivity contribution in [2.24, 2.45) is 11.1 Å². The molecule has 0 aromatic heterocycles. The van der Waals surface area contributed by atoms with E-state index >= 15 is 0 Å². The summed E-state index contributed by atoms with van der Waals surface area (Å²) in [5, 5.41) is 0. The summed E-state index contributed by atoms with van der Waals surface area (Å²) in [4.78, 5) is 0. The Labute approximate surface area is 95.6 Å². The van der Waals surface area contributed by atoms with Crippen molar-refractivity contribution in [3.05, 3.63) is 29.1 Å². The Hall–Kier alpha value is -1.09. The molecule has 88 valence electrons. The van der Waals surface area contributed by atoms with Crippen LogP contribution in [-0.4, -0.2) is 13.2 Å². The Bertz CT molecular complexity index is 428. The molecule has 0 radical (unpaired) electrons. The number of ether oxygens (including phenoxy) is 1. The Morgan fingerprint density at radius 2 is 1.94 bits per heavy atom. The minimum Gasteiger partial charge on any atom is -0.496 e. The van der Waals surface area contributed by atoms with E-state index in [0.717, 1.165) is 11.3 Å². The molecule has 0 saturated heterocycles. The summed E-state index contributed by atoms with van der Waals surface area (Å²) in [6, 6.07) is 3.39. The third kappa shape index (κ3) is 1.50. The quantitative estimate of drug-likeness (QED) is 0.836. The molecule has 0 heterocycles. The maximum atomic E-state index is 13.6. The van der Waals surface area contributed by atoms with Crippen LogP contribution in [0.4, 0.5) is 4.39 Å². The van der Waals surface area contributed by atoms with Crippen molar-refractivity contribution in [1.82, 2.24) is 0 Å². The summed E-state index contributed by atoms with van der Waals surface area (Å²) in [6.45, 7) is 5.93. The van der Waals surface area contributed by atoms with Crippen LogP contribution in [0.3, 0.4) is 0 Å². The van der Waals surface area contributed by atoms with Gasteiger partial charge in [0.15, 0.2) is 0 Å². The zero-order valence-corrected chi connectivity index (χ0v) is 10.2. The van der Waals surface area contributed by atoms with Crippen LogP contribution in [0.25, 0.3) is 0 Å². The van der Waals surface area contributed by atoms with Gasteiger partial charge in [0, 0.05) is 17.5 Å². The number of rotatable bonds is 2. The molecule has 3 heteroatoms.